The molecule has 0 bridgehead atoms. The number of imidazole rings is 1. The van der Waals surface area contributed by atoms with Gasteiger partial charge in [0.25, 0.3) is 0 Å². The molecule has 11 heteroatoms. The van der Waals surface area contributed by atoms with E-state index in [1.54, 1.807) is 23.7 Å². The van der Waals surface area contributed by atoms with Gasteiger partial charge in [0, 0.05) is 25.2 Å². The Morgan fingerprint density at radius 2 is 2.00 bits per heavy atom. The van der Waals surface area contributed by atoms with E-state index in [9.17, 15) is 0 Å². The van der Waals surface area contributed by atoms with Crippen LogP contribution in [-0.4, -0.2) is 61.1 Å². The van der Waals surface area contributed by atoms with Crippen molar-refractivity contribution in [2.24, 2.45) is 0 Å². The van der Waals surface area contributed by atoms with Crippen molar-refractivity contribution in [3.05, 3.63) is 36.3 Å². The van der Waals surface area contributed by atoms with Gasteiger partial charge in [-0.2, -0.15) is 5.10 Å². The van der Waals surface area contributed by atoms with Crippen LogP contribution in [0.5, 0.6) is 0 Å². The lowest BCUT2D eigenvalue weighted by atomic mass is 10.2. The summed E-state index contributed by atoms with van der Waals surface area (Å²) in [5.74, 6) is 3.12. The summed E-state index contributed by atoms with van der Waals surface area (Å²) in [4.78, 5) is 15.6. The van der Waals surface area contributed by atoms with Gasteiger partial charge in [0.15, 0.2) is 11.5 Å². The summed E-state index contributed by atoms with van der Waals surface area (Å²) < 4.78 is 7.23. The number of morpholine rings is 1. The number of fused-ring (bicyclic) bond motifs is 1. The number of H-pyrrole nitrogens is 1. The first kappa shape index (κ1) is 17.4. The lowest BCUT2D eigenvalue weighted by molar-refractivity contribution is 0.122. The molecule has 1 aliphatic rings. The highest BCUT2D eigenvalue weighted by molar-refractivity contribution is 5.78. The molecule has 4 aromatic rings. The third-order valence-electron chi connectivity index (χ3n) is 4.65. The predicted octanol–water partition coefficient (Wildman–Crippen LogP) is 1.38. The van der Waals surface area contributed by atoms with Crippen molar-refractivity contribution in [1.29, 1.82) is 0 Å². The highest BCUT2D eigenvalue weighted by Crippen LogP contribution is 2.30. The fraction of sp³-hybridized carbons (Fsp3) is 0.278. The predicted molar refractivity (Wildman–Crippen MR) is 108 cm³/mol. The van der Waals surface area contributed by atoms with E-state index in [-0.39, 0.29) is 0 Å². The maximum atomic E-state index is 5.98. The highest BCUT2D eigenvalue weighted by atomic mass is 16.5. The van der Waals surface area contributed by atoms with Crippen LogP contribution in [0.2, 0.25) is 0 Å². The van der Waals surface area contributed by atoms with Crippen LogP contribution in [0.15, 0.2) is 30.5 Å². The van der Waals surface area contributed by atoms with Crippen LogP contribution in [0.4, 0.5) is 23.3 Å². The smallest absolute Gasteiger partial charge is 0.162 e. The Labute approximate surface area is 165 Å². The number of nitrogen functional groups attached to an aromatic ring is 1. The number of nitrogens with zero attached hydrogens (tertiary/aromatic N) is 7. The van der Waals surface area contributed by atoms with Crippen molar-refractivity contribution in [3.63, 3.8) is 0 Å². The van der Waals surface area contributed by atoms with Gasteiger partial charge < -0.3 is 20.7 Å². The fourth-order valence-electron chi connectivity index (χ4n) is 3.37. The second-order valence-electron chi connectivity index (χ2n) is 6.69. The molecule has 0 spiro atoms. The van der Waals surface area contributed by atoms with Gasteiger partial charge in [0.05, 0.1) is 25.1 Å². The maximum Gasteiger partial charge on any atom is 0.162 e. The van der Waals surface area contributed by atoms with Gasteiger partial charge >= 0.3 is 0 Å². The number of aromatic amines is 1. The molecule has 11 nitrogen and oxygen atoms in total. The lowest BCUT2D eigenvalue weighted by Gasteiger charge is -2.27. The van der Waals surface area contributed by atoms with Crippen molar-refractivity contribution in [3.8, 4) is 11.4 Å². The van der Waals surface area contributed by atoms with Crippen LogP contribution in [0.25, 0.3) is 17.0 Å². The third kappa shape index (κ3) is 3.31. The van der Waals surface area contributed by atoms with E-state index in [2.05, 4.69) is 30.4 Å². The zero-order valence-electron chi connectivity index (χ0n) is 15.8. The van der Waals surface area contributed by atoms with Crippen LogP contribution in [0.1, 0.15) is 5.82 Å². The highest BCUT2D eigenvalue weighted by Gasteiger charge is 2.20. The van der Waals surface area contributed by atoms with Gasteiger partial charge in [-0.05, 0) is 19.1 Å². The van der Waals surface area contributed by atoms with E-state index < -0.39 is 0 Å². The van der Waals surface area contributed by atoms with E-state index in [4.69, 9.17) is 20.6 Å². The van der Waals surface area contributed by atoms with Crippen LogP contribution < -0.4 is 16.0 Å². The van der Waals surface area contributed by atoms with E-state index in [0.717, 1.165) is 18.9 Å². The quantitative estimate of drug-likeness (QED) is 0.470. The van der Waals surface area contributed by atoms with Crippen LogP contribution in [0, 0.1) is 6.92 Å². The standard InChI is InChI=1S/C18H20N10O/c1-11-21-12(10-13(19)22-11)17-18(23-14-4-5-20-25-14)24-15-2-3-16(26-28(15)17)27-6-8-29-9-7-27/h2-5,10H,6-9H2,1H3,(H2,19,21,22)(H2,20,23,25). The third-order valence-corrected chi connectivity index (χ3v) is 4.65. The van der Waals surface area contributed by atoms with Gasteiger partial charge in [-0.25, -0.2) is 19.5 Å². The first-order chi connectivity index (χ1) is 14.2. The molecular weight excluding hydrogens is 372 g/mol. The molecule has 148 valence electrons. The average molecular weight is 392 g/mol. The summed E-state index contributed by atoms with van der Waals surface area (Å²) in [5, 5.41) is 15.0. The van der Waals surface area contributed by atoms with Gasteiger partial charge in [-0.1, -0.05) is 0 Å². The Kier molecular flexibility index (Phi) is 4.21. The van der Waals surface area contributed by atoms with Crippen molar-refractivity contribution < 1.29 is 4.74 Å². The van der Waals surface area contributed by atoms with Crippen LogP contribution >= 0.6 is 0 Å². The van der Waals surface area contributed by atoms with E-state index in [1.807, 2.05) is 18.2 Å². The molecule has 0 unspecified atom stereocenters. The van der Waals surface area contributed by atoms with Crippen molar-refractivity contribution in [1.82, 2.24) is 34.8 Å². The number of nitrogens with two attached hydrogens (primary N) is 1. The molecule has 0 atom stereocenters. The Morgan fingerprint density at radius 1 is 1.14 bits per heavy atom. The topological polar surface area (TPSA) is 135 Å². The molecule has 4 aromatic heterocycles. The number of ether oxygens (including phenoxy) is 1. The van der Waals surface area contributed by atoms with Gasteiger partial charge in [-0.15, -0.1) is 5.10 Å². The minimum Gasteiger partial charge on any atom is -0.384 e. The number of rotatable bonds is 4. The zero-order valence-corrected chi connectivity index (χ0v) is 15.8. The summed E-state index contributed by atoms with van der Waals surface area (Å²) in [5.41, 5.74) is 8.00. The number of hydrogen-bond acceptors (Lipinski definition) is 9. The monoisotopic (exact) mass is 392 g/mol. The average Bonchev–Trinajstić information content (AvgIpc) is 3.35. The minimum atomic E-state index is 0.388. The summed E-state index contributed by atoms with van der Waals surface area (Å²) >= 11 is 0. The summed E-state index contributed by atoms with van der Waals surface area (Å²) in [6.45, 7) is 4.76. The van der Waals surface area contributed by atoms with E-state index in [0.29, 0.717) is 53.5 Å². The summed E-state index contributed by atoms with van der Waals surface area (Å²) in [6, 6.07) is 7.45. The molecule has 5 heterocycles. The van der Waals surface area contributed by atoms with Crippen molar-refractivity contribution >= 4 is 28.9 Å². The Morgan fingerprint density at radius 3 is 2.76 bits per heavy atom. The van der Waals surface area contributed by atoms with Gasteiger partial charge in [0.2, 0.25) is 0 Å². The summed E-state index contributed by atoms with van der Waals surface area (Å²) in [7, 11) is 0. The molecule has 29 heavy (non-hydrogen) atoms. The molecule has 4 N–H and O–H groups in total. The van der Waals surface area contributed by atoms with E-state index in [1.165, 1.54) is 0 Å². The molecule has 0 saturated carbocycles. The molecule has 0 radical (unpaired) electrons. The van der Waals surface area contributed by atoms with Crippen LogP contribution in [0.3, 0.4) is 0 Å². The Bertz CT molecular complexity index is 1130. The Hall–Kier alpha value is -3.73. The minimum absolute atomic E-state index is 0.388. The number of hydrogen-bond donors (Lipinski definition) is 3. The second-order valence-corrected chi connectivity index (χ2v) is 6.69. The zero-order chi connectivity index (χ0) is 19.8. The molecule has 0 amide bonds. The summed E-state index contributed by atoms with van der Waals surface area (Å²) in [6.07, 6.45) is 1.67. The number of nitrogens with one attached hydrogen (secondary N) is 2. The van der Waals surface area contributed by atoms with Gasteiger partial charge in [0.1, 0.15) is 29.0 Å². The number of aromatic nitrogens is 7. The second kappa shape index (κ2) is 7.02. The SMILES string of the molecule is Cc1nc(N)cc(-c2c(Nc3ccn[nH]3)nc3ccc(N4CCOCC4)nn23)n1. The molecule has 0 aromatic carbocycles. The molecule has 5 rings (SSSR count). The first-order valence-electron chi connectivity index (χ1n) is 9.28. The van der Waals surface area contributed by atoms with Crippen molar-refractivity contribution in [2.45, 2.75) is 6.92 Å². The lowest BCUT2D eigenvalue weighted by Crippen LogP contribution is -2.37. The van der Waals surface area contributed by atoms with Crippen molar-refractivity contribution in [2.75, 3.05) is 42.3 Å². The van der Waals surface area contributed by atoms with Crippen LogP contribution in [-0.2, 0) is 4.74 Å². The number of anilines is 4. The molecule has 0 aliphatic carbocycles. The Balaban J connectivity index is 1.68. The normalized spacial score (nSPS) is 14.4. The van der Waals surface area contributed by atoms with Gasteiger partial charge in [-0.3, -0.25) is 5.10 Å². The molecule has 1 fully saturated rings. The molecular formula is C18H20N10O. The fourth-order valence-corrected chi connectivity index (χ4v) is 3.37. The molecule has 1 saturated heterocycles. The van der Waals surface area contributed by atoms with E-state index >= 15 is 0 Å². The maximum absolute atomic E-state index is 5.98. The first-order valence-corrected chi connectivity index (χ1v) is 9.28. The number of aryl methyl sites for hydroxylation is 1. The largest absolute Gasteiger partial charge is 0.384 e. The molecule has 1 aliphatic heterocycles.